The Morgan fingerprint density at radius 1 is 1.39 bits per heavy atom. The van der Waals surface area contributed by atoms with E-state index in [1.54, 1.807) is 4.57 Å². The first-order valence-electron chi connectivity index (χ1n) is 6.05. The number of rotatable bonds is 1. The summed E-state index contributed by atoms with van der Waals surface area (Å²) < 4.78 is 15.4. The van der Waals surface area contributed by atoms with E-state index in [1.807, 2.05) is 31.2 Å². The van der Waals surface area contributed by atoms with E-state index in [9.17, 15) is 4.39 Å². The number of nitrogens with two attached hydrogens (primary N) is 1. The average molecular weight is 246 g/mol. The molecule has 0 saturated carbocycles. The molecule has 2 atom stereocenters. The third-order valence-corrected chi connectivity index (χ3v) is 3.28. The molecule has 5 heteroatoms. The van der Waals surface area contributed by atoms with E-state index in [0.717, 1.165) is 11.1 Å². The van der Waals surface area contributed by atoms with Crippen LogP contribution in [0.3, 0.4) is 0 Å². The Labute approximate surface area is 105 Å². The highest BCUT2D eigenvalue weighted by atomic mass is 19.1. The van der Waals surface area contributed by atoms with E-state index in [0.29, 0.717) is 24.6 Å². The molecule has 0 bridgehead atoms. The van der Waals surface area contributed by atoms with Crippen molar-refractivity contribution in [3.8, 4) is 11.4 Å². The fourth-order valence-electron chi connectivity index (χ4n) is 2.42. The van der Waals surface area contributed by atoms with E-state index >= 15 is 0 Å². The monoisotopic (exact) mass is 246 g/mol. The van der Waals surface area contributed by atoms with Gasteiger partial charge in [0, 0.05) is 12.0 Å². The summed E-state index contributed by atoms with van der Waals surface area (Å²) in [5.74, 6) is 1.38. The Morgan fingerprint density at radius 3 is 3.00 bits per heavy atom. The molecule has 0 amide bonds. The first-order chi connectivity index (χ1) is 8.65. The van der Waals surface area contributed by atoms with Crippen LogP contribution in [-0.2, 0) is 6.54 Å². The zero-order valence-electron chi connectivity index (χ0n) is 10.2. The fourth-order valence-corrected chi connectivity index (χ4v) is 2.42. The standard InChI is InChI=1S/C13H15FN4/c1-8-3-2-4-9(5-8)12-16-17-13-11(15)6-10(14)7-18(12)13/h2-5,10-11H,6-7,15H2,1H3. The summed E-state index contributed by atoms with van der Waals surface area (Å²) in [6, 6.07) is 7.59. The van der Waals surface area contributed by atoms with Crippen molar-refractivity contribution in [3.05, 3.63) is 35.7 Å². The molecule has 1 aliphatic heterocycles. The molecule has 1 aliphatic rings. The summed E-state index contributed by atoms with van der Waals surface area (Å²) in [4.78, 5) is 0. The van der Waals surface area contributed by atoms with Gasteiger partial charge in [0.15, 0.2) is 5.82 Å². The quantitative estimate of drug-likeness (QED) is 0.837. The van der Waals surface area contributed by atoms with Gasteiger partial charge in [0.25, 0.3) is 0 Å². The van der Waals surface area contributed by atoms with Gasteiger partial charge in [-0.1, -0.05) is 23.8 Å². The third kappa shape index (κ3) is 1.80. The highest BCUT2D eigenvalue weighted by Gasteiger charge is 2.28. The van der Waals surface area contributed by atoms with Crippen molar-refractivity contribution in [1.82, 2.24) is 14.8 Å². The van der Waals surface area contributed by atoms with Gasteiger partial charge in [-0.25, -0.2) is 4.39 Å². The first-order valence-corrected chi connectivity index (χ1v) is 6.05. The van der Waals surface area contributed by atoms with Crippen LogP contribution in [0.25, 0.3) is 11.4 Å². The molecule has 1 aromatic heterocycles. The summed E-state index contributed by atoms with van der Waals surface area (Å²) in [7, 11) is 0. The SMILES string of the molecule is Cc1cccc(-c2nnc3n2CC(F)CC3N)c1. The van der Waals surface area contributed by atoms with Crippen molar-refractivity contribution in [2.75, 3.05) is 0 Å². The summed E-state index contributed by atoms with van der Waals surface area (Å²) in [6.45, 7) is 2.31. The van der Waals surface area contributed by atoms with Gasteiger partial charge in [0.05, 0.1) is 12.6 Å². The summed E-state index contributed by atoms with van der Waals surface area (Å²) >= 11 is 0. The van der Waals surface area contributed by atoms with Crippen molar-refractivity contribution in [2.45, 2.75) is 32.1 Å². The molecule has 2 aromatic rings. The second kappa shape index (κ2) is 4.17. The number of aromatic nitrogens is 3. The highest BCUT2D eigenvalue weighted by molar-refractivity contribution is 5.56. The topological polar surface area (TPSA) is 56.7 Å². The molecule has 2 heterocycles. The third-order valence-electron chi connectivity index (χ3n) is 3.28. The van der Waals surface area contributed by atoms with Gasteiger partial charge in [0.2, 0.25) is 0 Å². The maximum Gasteiger partial charge on any atom is 0.164 e. The molecule has 3 rings (SSSR count). The zero-order valence-corrected chi connectivity index (χ0v) is 10.2. The minimum absolute atomic E-state index is 0.291. The molecule has 0 saturated heterocycles. The lowest BCUT2D eigenvalue weighted by Crippen LogP contribution is -2.29. The van der Waals surface area contributed by atoms with Gasteiger partial charge in [-0.3, -0.25) is 0 Å². The molecule has 2 N–H and O–H groups in total. The molecule has 2 unspecified atom stereocenters. The van der Waals surface area contributed by atoms with Crippen LogP contribution < -0.4 is 5.73 Å². The smallest absolute Gasteiger partial charge is 0.164 e. The van der Waals surface area contributed by atoms with Gasteiger partial charge >= 0.3 is 0 Å². The zero-order chi connectivity index (χ0) is 12.7. The summed E-state index contributed by atoms with van der Waals surface area (Å²) in [5.41, 5.74) is 7.99. The van der Waals surface area contributed by atoms with Gasteiger partial charge in [-0.05, 0) is 13.0 Å². The molecule has 0 spiro atoms. The summed E-state index contributed by atoms with van der Waals surface area (Å²) in [5, 5.41) is 8.26. The minimum Gasteiger partial charge on any atom is -0.321 e. The van der Waals surface area contributed by atoms with Crippen molar-refractivity contribution < 1.29 is 4.39 Å². The number of benzene rings is 1. The van der Waals surface area contributed by atoms with Crippen LogP contribution in [0.4, 0.5) is 4.39 Å². The van der Waals surface area contributed by atoms with Gasteiger partial charge in [-0.2, -0.15) is 0 Å². The van der Waals surface area contributed by atoms with Crippen LogP contribution in [0.15, 0.2) is 24.3 Å². The number of hydrogen-bond donors (Lipinski definition) is 1. The Hall–Kier alpha value is -1.75. The molecular formula is C13H15FN4. The molecule has 18 heavy (non-hydrogen) atoms. The number of hydrogen-bond acceptors (Lipinski definition) is 3. The molecule has 0 aliphatic carbocycles. The summed E-state index contributed by atoms with van der Waals surface area (Å²) in [6.07, 6.45) is -0.599. The number of alkyl halides is 1. The molecule has 0 radical (unpaired) electrons. The van der Waals surface area contributed by atoms with Crippen molar-refractivity contribution >= 4 is 0 Å². The number of halogens is 1. The predicted octanol–water partition coefficient (Wildman–Crippen LogP) is 2.00. The second-order valence-electron chi connectivity index (χ2n) is 4.80. The Balaban J connectivity index is 2.09. The molecule has 4 nitrogen and oxygen atoms in total. The molecular weight excluding hydrogens is 231 g/mol. The van der Waals surface area contributed by atoms with Gasteiger partial charge < -0.3 is 10.3 Å². The van der Waals surface area contributed by atoms with Crippen molar-refractivity contribution in [1.29, 1.82) is 0 Å². The number of aryl methyl sites for hydroxylation is 1. The highest BCUT2D eigenvalue weighted by Crippen LogP contribution is 2.28. The second-order valence-corrected chi connectivity index (χ2v) is 4.80. The molecule has 0 fully saturated rings. The van der Waals surface area contributed by atoms with Crippen LogP contribution in [0.1, 0.15) is 23.9 Å². The normalized spacial score (nSPS) is 22.8. The molecule has 1 aromatic carbocycles. The largest absolute Gasteiger partial charge is 0.321 e. The Kier molecular flexibility index (Phi) is 2.63. The van der Waals surface area contributed by atoms with Gasteiger partial charge in [0.1, 0.15) is 12.0 Å². The lowest BCUT2D eigenvalue weighted by molar-refractivity contribution is 0.231. The van der Waals surface area contributed by atoms with Crippen LogP contribution in [0, 0.1) is 6.92 Å². The fraction of sp³-hybridized carbons (Fsp3) is 0.385. The number of nitrogens with zero attached hydrogens (tertiary/aromatic N) is 3. The number of fused-ring (bicyclic) bond motifs is 1. The predicted molar refractivity (Wildman–Crippen MR) is 66.6 cm³/mol. The van der Waals surface area contributed by atoms with Crippen LogP contribution in [0.2, 0.25) is 0 Å². The van der Waals surface area contributed by atoms with E-state index in [2.05, 4.69) is 10.2 Å². The van der Waals surface area contributed by atoms with E-state index in [-0.39, 0.29) is 6.04 Å². The van der Waals surface area contributed by atoms with Crippen molar-refractivity contribution in [2.24, 2.45) is 5.73 Å². The maximum atomic E-state index is 13.6. The van der Waals surface area contributed by atoms with E-state index in [1.165, 1.54) is 0 Å². The maximum absolute atomic E-state index is 13.6. The van der Waals surface area contributed by atoms with Crippen LogP contribution in [-0.4, -0.2) is 20.9 Å². The minimum atomic E-state index is -0.924. The van der Waals surface area contributed by atoms with E-state index in [4.69, 9.17) is 5.73 Å². The molecule has 94 valence electrons. The lowest BCUT2D eigenvalue weighted by Gasteiger charge is -2.23. The van der Waals surface area contributed by atoms with E-state index < -0.39 is 6.17 Å². The van der Waals surface area contributed by atoms with Gasteiger partial charge in [-0.15, -0.1) is 10.2 Å². The van der Waals surface area contributed by atoms with Crippen LogP contribution in [0.5, 0.6) is 0 Å². The van der Waals surface area contributed by atoms with Crippen molar-refractivity contribution in [3.63, 3.8) is 0 Å². The Morgan fingerprint density at radius 2 is 2.22 bits per heavy atom. The average Bonchev–Trinajstić information content (AvgIpc) is 2.72. The lowest BCUT2D eigenvalue weighted by atomic mass is 10.1. The Bertz CT molecular complexity index is 578. The van der Waals surface area contributed by atoms with Crippen LogP contribution >= 0.6 is 0 Å². The first kappa shape index (κ1) is 11.3.